The maximum Gasteiger partial charge on any atom is 0.416 e. The van der Waals surface area contributed by atoms with E-state index in [1.807, 2.05) is 13.8 Å². The molecule has 1 aliphatic carbocycles. The second kappa shape index (κ2) is 4.70. The third-order valence-corrected chi connectivity index (χ3v) is 5.11. The zero-order valence-electron chi connectivity index (χ0n) is 13.0. The second-order valence-electron chi connectivity index (χ2n) is 7.31. The van der Waals surface area contributed by atoms with Crippen LogP contribution in [0.4, 0.5) is 0 Å². The van der Waals surface area contributed by atoms with Gasteiger partial charge in [0.1, 0.15) is 18.1 Å². The quantitative estimate of drug-likeness (QED) is 0.787. The molecule has 2 saturated heterocycles. The standard InChI is InChI=1S/C15H19N3O5/c1-15(2)6-23-11(15)12(19)17-10-7-3-18(4-8(7)10)13(20)9-5-22-14(21)16-9/h5,7-8,10-11H,3-4,6H2,1-2H3,(H,16,21)(H,17,19)/t7-,8+,10?,11?. The highest BCUT2D eigenvalue weighted by Crippen LogP contribution is 2.46. The Labute approximate surface area is 132 Å². The molecule has 0 spiro atoms. The Morgan fingerprint density at radius 2 is 2.04 bits per heavy atom. The molecule has 2 N–H and O–H groups in total. The second-order valence-corrected chi connectivity index (χ2v) is 7.31. The van der Waals surface area contributed by atoms with Crippen LogP contribution < -0.4 is 11.1 Å². The number of rotatable bonds is 3. The molecule has 1 aromatic rings. The molecule has 4 atom stereocenters. The summed E-state index contributed by atoms with van der Waals surface area (Å²) in [5, 5.41) is 3.04. The lowest BCUT2D eigenvalue weighted by Crippen LogP contribution is -2.57. The van der Waals surface area contributed by atoms with Crippen LogP contribution in [0, 0.1) is 17.3 Å². The lowest BCUT2D eigenvalue weighted by Gasteiger charge is -2.42. The van der Waals surface area contributed by atoms with Gasteiger partial charge in [0, 0.05) is 36.4 Å². The third-order valence-electron chi connectivity index (χ3n) is 5.11. The number of ether oxygens (including phenoxy) is 1. The highest BCUT2D eigenvalue weighted by Gasteiger charge is 2.58. The first-order valence-electron chi connectivity index (χ1n) is 7.76. The molecule has 3 aliphatic rings. The first-order valence-corrected chi connectivity index (χ1v) is 7.76. The van der Waals surface area contributed by atoms with Gasteiger partial charge in [-0.15, -0.1) is 0 Å². The van der Waals surface area contributed by atoms with Crippen molar-refractivity contribution in [3.63, 3.8) is 0 Å². The number of carbonyl (C=O) groups excluding carboxylic acids is 2. The summed E-state index contributed by atoms with van der Waals surface area (Å²) >= 11 is 0. The normalized spacial score (nSPS) is 33.7. The van der Waals surface area contributed by atoms with E-state index in [0.717, 1.165) is 6.26 Å². The van der Waals surface area contributed by atoms with Gasteiger partial charge in [-0.05, 0) is 0 Å². The zero-order chi connectivity index (χ0) is 16.4. The molecule has 2 aliphatic heterocycles. The monoisotopic (exact) mass is 321 g/mol. The van der Waals surface area contributed by atoms with E-state index in [1.165, 1.54) is 0 Å². The highest BCUT2D eigenvalue weighted by atomic mass is 16.5. The predicted molar refractivity (Wildman–Crippen MR) is 77.7 cm³/mol. The summed E-state index contributed by atoms with van der Waals surface area (Å²) in [7, 11) is 0. The van der Waals surface area contributed by atoms with E-state index in [-0.39, 0.29) is 46.9 Å². The Bertz CT molecular complexity index is 709. The molecule has 8 nitrogen and oxygen atoms in total. The minimum Gasteiger partial charge on any atom is -0.416 e. The van der Waals surface area contributed by atoms with E-state index < -0.39 is 5.76 Å². The van der Waals surface area contributed by atoms with Crippen molar-refractivity contribution in [2.75, 3.05) is 19.7 Å². The number of amides is 2. The van der Waals surface area contributed by atoms with Gasteiger partial charge in [0.2, 0.25) is 5.91 Å². The SMILES string of the molecule is CC1(C)COC1C(=O)NC1[C@H]2CN(C(=O)c3coc(=O)[nH]3)C[C@@H]12. The number of oxazole rings is 1. The van der Waals surface area contributed by atoms with Gasteiger partial charge in [0.05, 0.1) is 6.61 Å². The summed E-state index contributed by atoms with van der Waals surface area (Å²) < 4.78 is 9.95. The largest absolute Gasteiger partial charge is 0.416 e. The van der Waals surface area contributed by atoms with Crippen molar-refractivity contribution in [2.24, 2.45) is 17.3 Å². The van der Waals surface area contributed by atoms with Gasteiger partial charge < -0.3 is 19.4 Å². The van der Waals surface area contributed by atoms with Crippen LogP contribution in [0.15, 0.2) is 15.5 Å². The average molecular weight is 321 g/mol. The predicted octanol–water partition coefficient (Wildman–Crippen LogP) is -0.420. The molecule has 0 bridgehead atoms. The molecule has 0 radical (unpaired) electrons. The summed E-state index contributed by atoms with van der Waals surface area (Å²) in [6.45, 7) is 5.79. The lowest BCUT2D eigenvalue weighted by molar-refractivity contribution is -0.183. The van der Waals surface area contributed by atoms with E-state index in [9.17, 15) is 14.4 Å². The van der Waals surface area contributed by atoms with E-state index in [1.54, 1.807) is 4.90 Å². The van der Waals surface area contributed by atoms with Gasteiger partial charge in [-0.1, -0.05) is 13.8 Å². The lowest BCUT2D eigenvalue weighted by atomic mass is 9.82. The van der Waals surface area contributed by atoms with E-state index in [0.29, 0.717) is 19.7 Å². The van der Waals surface area contributed by atoms with Crippen molar-refractivity contribution < 1.29 is 18.7 Å². The number of nitrogens with one attached hydrogen (secondary N) is 2. The molecule has 23 heavy (non-hydrogen) atoms. The molecule has 2 unspecified atom stereocenters. The number of nitrogens with zero attached hydrogens (tertiary/aromatic N) is 1. The molecule has 124 valence electrons. The van der Waals surface area contributed by atoms with Gasteiger partial charge in [-0.3, -0.25) is 14.6 Å². The molecule has 8 heteroatoms. The van der Waals surface area contributed by atoms with Crippen LogP contribution in [0.25, 0.3) is 0 Å². The van der Waals surface area contributed by atoms with Crippen LogP contribution in [-0.2, 0) is 9.53 Å². The van der Waals surface area contributed by atoms with Gasteiger partial charge in [-0.2, -0.15) is 0 Å². The Balaban J connectivity index is 1.31. The van der Waals surface area contributed by atoms with Crippen molar-refractivity contribution in [3.8, 4) is 0 Å². The van der Waals surface area contributed by atoms with Crippen LogP contribution in [0.1, 0.15) is 24.3 Å². The number of hydrogen-bond donors (Lipinski definition) is 2. The minimum absolute atomic E-state index is 0.0577. The van der Waals surface area contributed by atoms with Gasteiger partial charge in [0.25, 0.3) is 5.91 Å². The van der Waals surface area contributed by atoms with E-state index in [2.05, 4.69) is 14.7 Å². The molecular formula is C15H19N3O5. The zero-order valence-corrected chi connectivity index (χ0v) is 13.0. The maximum atomic E-state index is 12.2. The van der Waals surface area contributed by atoms with E-state index in [4.69, 9.17) is 4.74 Å². The van der Waals surface area contributed by atoms with Crippen molar-refractivity contribution in [3.05, 3.63) is 22.5 Å². The number of piperidine rings is 1. The first kappa shape index (κ1) is 14.5. The number of aromatic amines is 1. The third kappa shape index (κ3) is 2.28. The molecular weight excluding hydrogens is 302 g/mol. The average Bonchev–Trinajstić information content (AvgIpc) is 2.86. The van der Waals surface area contributed by atoms with Gasteiger partial charge in [-0.25, -0.2) is 4.79 Å². The fourth-order valence-corrected chi connectivity index (χ4v) is 3.63. The van der Waals surface area contributed by atoms with E-state index >= 15 is 0 Å². The molecule has 2 amide bonds. The van der Waals surface area contributed by atoms with Crippen molar-refractivity contribution in [1.29, 1.82) is 0 Å². The molecule has 3 heterocycles. The summed E-state index contributed by atoms with van der Waals surface area (Å²) in [4.78, 5) is 39.4. The number of H-pyrrole nitrogens is 1. The number of likely N-dealkylation sites (tertiary alicyclic amines) is 1. The number of carbonyl (C=O) groups is 2. The van der Waals surface area contributed by atoms with Crippen molar-refractivity contribution in [1.82, 2.24) is 15.2 Å². The number of hydrogen-bond acceptors (Lipinski definition) is 5. The number of aromatic nitrogens is 1. The van der Waals surface area contributed by atoms with Gasteiger partial charge >= 0.3 is 5.76 Å². The Kier molecular flexibility index (Phi) is 2.96. The van der Waals surface area contributed by atoms with Crippen LogP contribution in [-0.4, -0.2) is 53.5 Å². The highest BCUT2D eigenvalue weighted by molar-refractivity contribution is 5.92. The van der Waals surface area contributed by atoms with Crippen molar-refractivity contribution in [2.45, 2.75) is 26.0 Å². The Morgan fingerprint density at radius 1 is 1.35 bits per heavy atom. The number of fused-ring (bicyclic) bond motifs is 1. The molecule has 1 saturated carbocycles. The molecule has 3 fully saturated rings. The van der Waals surface area contributed by atoms with Crippen LogP contribution in [0.5, 0.6) is 0 Å². The summed E-state index contributed by atoms with van der Waals surface area (Å²) in [5.74, 6) is -0.366. The van der Waals surface area contributed by atoms with Crippen LogP contribution in [0.2, 0.25) is 0 Å². The van der Waals surface area contributed by atoms with Gasteiger partial charge in [0.15, 0.2) is 0 Å². The summed E-state index contributed by atoms with van der Waals surface area (Å²) in [6, 6.07) is 0.120. The topological polar surface area (TPSA) is 105 Å². The van der Waals surface area contributed by atoms with Crippen LogP contribution >= 0.6 is 0 Å². The first-order chi connectivity index (χ1) is 10.9. The Morgan fingerprint density at radius 3 is 2.52 bits per heavy atom. The fraction of sp³-hybridized carbons (Fsp3) is 0.667. The fourth-order valence-electron chi connectivity index (χ4n) is 3.63. The Hall–Kier alpha value is -2.09. The molecule has 1 aromatic heterocycles. The molecule has 4 rings (SSSR count). The van der Waals surface area contributed by atoms with Crippen molar-refractivity contribution >= 4 is 11.8 Å². The van der Waals surface area contributed by atoms with Crippen LogP contribution in [0.3, 0.4) is 0 Å². The summed E-state index contributed by atoms with van der Waals surface area (Å²) in [6.07, 6.45) is 0.765. The maximum absolute atomic E-state index is 12.2. The molecule has 0 aromatic carbocycles. The summed E-state index contributed by atoms with van der Waals surface area (Å²) in [5.41, 5.74) is 0.0602. The smallest absolute Gasteiger partial charge is 0.416 e. The minimum atomic E-state index is -0.633.